The number of anilines is 1. The number of carbonyl (C=O) groups is 1. The molecule has 2 aromatic carbocycles. The van der Waals surface area contributed by atoms with E-state index < -0.39 is 22.6 Å². The number of amides is 1. The SMILES string of the molecule is NCc1c(N)cccc1CNC(=O)c1cc(F)c(Cl)c(F)c1. The highest BCUT2D eigenvalue weighted by Gasteiger charge is 2.14. The van der Waals surface area contributed by atoms with Crippen LogP contribution in [0.1, 0.15) is 21.5 Å². The highest BCUT2D eigenvalue weighted by atomic mass is 35.5. The predicted molar refractivity (Wildman–Crippen MR) is 81.3 cm³/mol. The third-order valence-electron chi connectivity index (χ3n) is 3.20. The van der Waals surface area contributed by atoms with E-state index >= 15 is 0 Å². The van der Waals surface area contributed by atoms with Gasteiger partial charge in [-0.25, -0.2) is 8.78 Å². The summed E-state index contributed by atoms with van der Waals surface area (Å²) in [6.45, 7) is 0.365. The minimum atomic E-state index is -0.988. The van der Waals surface area contributed by atoms with E-state index in [-0.39, 0.29) is 18.7 Å². The van der Waals surface area contributed by atoms with Crippen LogP contribution < -0.4 is 16.8 Å². The van der Waals surface area contributed by atoms with Gasteiger partial charge in [0.15, 0.2) is 0 Å². The summed E-state index contributed by atoms with van der Waals surface area (Å²) < 4.78 is 26.7. The zero-order valence-corrected chi connectivity index (χ0v) is 12.3. The van der Waals surface area contributed by atoms with Crippen molar-refractivity contribution in [2.45, 2.75) is 13.1 Å². The number of nitrogens with one attached hydrogen (secondary N) is 1. The molecule has 1 amide bonds. The fourth-order valence-corrected chi connectivity index (χ4v) is 2.14. The van der Waals surface area contributed by atoms with Gasteiger partial charge in [0.2, 0.25) is 0 Å². The van der Waals surface area contributed by atoms with Gasteiger partial charge in [0, 0.05) is 24.3 Å². The Morgan fingerprint density at radius 1 is 1.23 bits per heavy atom. The monoisotopic (exact) mass is 325 g/mol. The maximum absolute atomic E-state index is 13.4. The molecule has 4 nitrogen and oxygen atoms in total. The van der Waals surface area contributed by atoms with Gasteiger partial charge < -0.3 is 16.8 Å². The molecule has 0 aromatic heterocycles. The average molecular weight is 326 g/mol. The zero-order chi connectivity index (χ0) is 16.3. The van der Waals surface area contributed by atoms with E-state index in [0.29, 0.717) is 5.69 Å². The molecule has 0 radical (unpaired) electrons. The van der Waals surface area contributed by atoms with Crippen LogP contribution in [0.3, 0.4) is 0 Å². The third kappa shape index (κ3) is 3.35. The molecule has 5 N–H and O–H groups in total. The Morgan fingerprint density at radius 3 is 2.45 bits per heavy atom. The van der Waals surface area contributed by atoms with E-state index in [4.69, 9.17) is 23.1 Å². The zero-order valence-electron chi connectivity index (χ0n) is 11.5. The second kappa shape index (κ2) is 6.72. The van der Waals surface area contributed by atoms with E-state index in [9.17, 15) is 13.6 Å². The van der Waals surface area contributed by atoms with Crippen molar-refractivity contribution in [2.75, 3.05) is 5.73 Å². The maximum atomic E-state index is 13.4. The first-order valence-corrected chi connectivity index (χ1v) is 6.81. The molecule has 0 aliphatic rings. The average Bonchev–Trinajstić information content (AvgIpc) is 2.49. The van der Waals surface area contributed by atoms with Crippen molar-refractivity contribution in [2.24, 2.45) is 5.73 Å². The molecule has 22 heavy (non-hydrogen) atoms. The topological polar surface area (TPSA) is 81.1 Å². The van der Waals surface area contributed by atoms with Crippen molar-refractivity contribution in [1.82, 2.24) is 5.32 Å². The largest absolute Gasteiger partial charge is 0.398 e. The van der Waals surface area contributed by atoms with E-state index in [1.807, 2.05) is 0 Å². The maximum Gasteiger partial charge on any atom is 0.251 e. The summed E-state index contributed by atoms with van der Waals surface area (Å²) in [5, 5.41) is 1.92. The van der Waals surface area contributed by atoms with Crippen LogP contribution in [-0.2, 0) is 13.1 Å². The summed E-state index contributed by atoms with van der Waals surface area (Å²) in [7, 11) is 0. The van der Waals surface area contributed by atoms with Gasteiger partial charge in [0.25, 0.3) is 5.91 Å². The molecule has 0 bridgehead atoms. The molecule has 0 saturated heterocycles. The number of nitrogen functional groups attached to an aromatic ring is 1. The highest BCUT2D eigenvalue weighted by Crippen LogP contribution is 2.21. The van der Waals surface area contributed by atoms with Crippen molar-refractivity contribution in [3.63, 3.8) is 0 Å². The molecule has 2 aromatic rings. The van der Waals surface area contributed by atoms with Crippen LogP contribution in [0.2, 0.25) is 5.02 Å². The first kappa shape index (κ1) is 16.2. The standard InChI is InChI=1S/C15H14ClF2N3O/c16-14-11(17)4-9(5-12(14)18)15(22)21-7-8-2-1-3-13(20)10(8)6-19/h1-5H,6-7,19-20H2,(H,21,22). The fourth-order valence-electron chi connectivity index (χ4n) is 2.03. The van der Waals surface area contributed by atoms with E-state index in [1.165, 1.54) is 0 Å². The van der Waals surface area contributed by atoms with E-state index in [1.54, 1.807) is 18.2 Å². The molecular formula is C15H14ClF2N3O. The van der Waals surface area contributed by atoms with Crippen LogP contribution in [0.4, 0.5) is 14.5 Å². The second-order valence-corrected chi connectivity index (χ2v) is 5.00. The second-order valence-electron chi connectivity index (χ2n) is 4.63. The van der Waals surface area contributed by atoms with Crippen molar-refractivity contribution in [3.05, 3.63) is 63.7 Å². The van der Waals surface area contributed by atoms with Gasteiger partial charge >= 0.3 is 0 Å². The van der Waals surface area contributed by atoms with Gasteiger partial charge in [0.1, 0.15) is 16.7 Å². The molecule has 0 unspecified atom stereocenters. The summed E-state index contributed by atoms with van der Waals surface area (Å²) in [6.07, 6.45) is 0. The van der Waals surface area contributed by atoms with Gasteiger partial charge in [-0.1, -0.05) is 23.7 Å². The summed E-state index contributed by atoms with van der Waals surface area (Å²) in [5.74, 6) is -2.60. The quantitative estimate of drug-likeness (QED) is 0.597. The Morgan fingerprint density at radius 2 is 1.86 bits per heavy atom. The van der Waals surface area contributed by atoms with Gasteiger partial charge in [-0.2, -0.15) is 0 Å². The fraction of sp³-hybridized carbons (Fsp3) is 0.133. The van der Waals surface area contributed by atoms with Gasteiger partial charge in [0.05, 0.1) is 0 Å². The number of rotatable bonds is 4. The van der Waals surface area contributed by atoms with Crippen molar-refractivity contribution in [1.29, 1.82) is 0 Å². The van der Waals surface area contributed by atoms with Crippen LogP contribution in [0.15, 0.2) is 30.3 Å². The van der Waals surface area contributed by atoms with Crippen LogP contribution in [0.25, 0.3) is 0 Å². The lowest BCUT2D eigenvalue weighted by atomic mass is 10.1. The first-order chi connectivity index (χ1) is 10.4. The van der Waals surface area contributed by atoms with Crippen molar-refractivity contribution < 1.29 is 13.6 Å². The Labute approximate surface area is 131 Å². The number of hydrogen-bond acceptors (Lipinski definition) is 3. The van der Waals surface area contributed by atoms with Gasteiger partial charge in [-0.15, -0.1) is 0 Å². The van der Waals surface area contributed by atoms with Crippen molar-refractivity contribution >= 4 is 23.2 Å². The molecule has 7 heteroatoms. The van der Waals surface area contributed by atoms with E-state index in [2.05, 4.69) is 5.32 Å². The minimum Gasteiger partial charge on any atom is -0.398 e. The van der Waals surface area contributed by atoms with Crippen LogP contribution in [-0.4, -0.2) is 5.91 Å². The van der Waals surface area contributed by atoms with Gasteiger partial charge in [-0.05, 0) is 29.3 Å². The molecule has 0 heterocycles. The predicted octanol–water partition coefficient (Wildman–Crippen LogP) is 2.59. The van der Waals surface area contributed by atoms with Gasteiger partial charge in [-0.3, -0.25) is 4.79 Å². The van der Waals surface area contributed by atoms with Crippen LogP contribution >= 0.6 is 11.6 Å². The van der Waals surface area contributed by atoms with Crippen LogP contribution in [0, 0.1) is 11.6 Å². The number of halogens is 3. The highest BCUT2D eigenvalue weighted by molar-refractivity contribution is 6.31. The van der Waals surface area contributed by atoms with E-state index in [0.717, 1.165) is 23.3 Å². The molecule has 0 fully saturated rings. The Bertz CT molecular complexity index is 699. The summed E-state index contributed by atoms with van der Waals surface area (Å²) in [6, 6.07) is 6.96. The van der Waals surface area contributed by atoms with Crippen molar-refractivity contribution in [3.8, 4) is 0 Å². The Kier molecular flexibility index (Phi) is 4.95. The summed E-state index contributed by atoms with van der Waals surface area (Å²) >= 11 is 5.37. The number of hydrogen-bond donors (Lipinski definition) is 3. The Balaban J connectivity index is 2.16. The molecule has 0 saturated carbocycles. The number of nitrogens with two attached hydrogens (primary N) is 2. The smallest absolute Gasteiger partial charge is 0.251 e. The van der Waals surface area contributed by atoms with Crippen LogP contribution in [0.5, 0.6) is 0 Å². The molecule has 0 aliphatic heterocycles. The third-order valence-corrected chi connectivity index (χ3v) is 3.56. The molecular weight excluding hydrogens is 312 g/mol. The number of benzene rings is 2. The Hall–Kier alpha value is -2.18. The molecule has 116 valence electrons. The summed E-state index contributed by atoms with van der Waals surface area (Å²) in [4.78, 5) is 12.0. The lowest BCUT2D eigenvalue weighted by Gasteiger charge is -2.12. The molecule has 0 spiro atoms. The normalized spacial score (nSPS) is 10.5. The first-order valence-electron chi connectivity index (χ1n) is 6.43. The molecule has 0 atom stereocenters. The molecule has 0 aliphatic carbocycles. The lowest BCUT2D eigenvalue weighted by molar-refractivity contribution is 0.0950. The number of carbonyl (C=O) groups excluding carboxylic acids is 1. The lowest BCUT2D eigenvalue weighted by Crippen LogP contribution is -2.24. The minimum absolute atomic E-state index is 0.141. The summed E-state index contributed by atoms with van der Waals surface area (Å²) in [5.41, 5.74) is 13.2. The molecule has 2 rings (SSSR count).